The van der Waals surface area contributed by atoms with Crippen molar-refractivity contribution < 1.29 is 13.2 Å². The molecule has 0 unspecified atom stereocenters. The zero-order valence-electron chi connectivity index (χ0n) is 18.2. The number of hydrogen-bond acceptors (Lipinski definition) is 3. The van der Waals surface area contributed by atoms with Gasteiger partial charge in [-0.3, -0.25) is 4.79 Å². The lowest BCUT2D eigenvalue weighted by Gasteiger charge is -2.32. The predicted octanol–water partition coefficient (Wildman–Crippen LogP) is 4.52. The topological polar surface area (TPSA) is 57.7 Å². The van der Waals surface area contributed by atoms with Crippen LogP contribution in [0.15, 0.2) is 65.6 Å². The molecule has 0 atom stereocenters. The second kappa shape index (κ2) is 8.44. The number of anilines is 1. The molecule has 5 nitrogen and oxygen atoms in total. The van der Waals surface area contributed by atoms with Gasteiger partial charge in [-0.2, -0.15) is 4.31 Å². The fraction of sp³-hybridized carbons (Fsp3) is 0.320. The van der Waals surface area contributed by atoms with Crippen LogP contribution in [0.5, 0.6) is 0 Å². The number of carbonyl (C=O) groups excluding carboxylic acids is 1. The smallest absolute Gasteiger partial charge is 0.243 e. The zero-order chi connectivity index (χ0) is 22.2. The number of nitrogens with zero attached hydrogens (tertiary/aromatic N) is 2. The lowest BCUT2D eigenvalue weighted by atomic mass is 9.96. The van der Waals surface area contributed by atoms with E-state index in [9.17, 15) is 13.2 Å². The molecule has 31 heavy (non-hydrogen) atoms. The first kappa shape index (κ1) is 21.5. The summed E-state index contributed by atoms with van der Waals surface area (Å²) in [5.74, 6) is -0.124. The third-order valence-electron chi connectivity index (χ3n) is 6.37. The second-order valence-electron chi connectivity index (χ2n) is 8.35. The van der Waals surface area contributed by atoms with E-state index in [2.05, 4.69) is 0 Å². The number of hydrogen-bond donors (Lipinski definition) is 0. The van der Waals surface area contributed by atoms with Crippen LogP contribution in [0.1, 0.15) is 24.0 Å². The van der Waals surface area contributed by atoms with Gasteiger partial charge in [-0.1, -0.05) is 36.4 Å². The minimum Gasteiger partial charge on any atom is -0.315 e. The normalized spacial score (nSPS) is 15.8. The molecule has 0 bridgehead atoms. The Hall–Kier alpha value is -2.70. The van der Waals surface area contributed by atoms with Crippen molar-refractivity contribution in [1.82, 2.24) is 4.31 Å². The van der Waals surface area contributed by atoms with E-state index < -0.39 is 10.0 Å². The summed E-state index contributed by atoms with van der Waals surface area (Å²) in [4.78, 5) is 15.0. The largest absolute Gasteiger partial charge is 0.315 e. The minimum atomic E-state index is -3.58. The molecule has 6 heteroatoms. The second-order valence-corrected chi connectivity index (χ2v) is 10.3. The van der Waals surface area contributed by atoms with Crippen molar-refractivity contribution in [3.63, 3.8) is 0 Å². The molecule has 1 saturated heterocycles. The van der Waals surface area contributed by atoms with E-state index >= 15 is 0 Å². The lowest BCUT2D eigenvalue weighted by Crippen LogP contribution is -2.43. The van der Waals surface area contributed by atoms with Crippen molar-refractivity contribution in [2.45, 2.75) is 31.6 Å². The number of carbonyl (C=O) groups is 1. The third-order valence-corrected chi connectivity index (χ3v) is 8.26. The Bertz CT molecular complexity index is 1230. The van der Waals surface area contributed by atoms with Crippen LogP contribution < -0.4 is 4.90 Å². The summed E-state index contributed by atoms with van der Waals surface area (Å²) in [6.45, 7) is 4.79. The molecule has 1 fully saturated rings. The molecule has 0 saturated carbocycles. The highest BCUT2D eigenvalue weighted by Crippen LogP contribution is 2.28. The average molecular weight is 437 g/mol. The quantitative estimate of drug-likeness (QED) is 0.604. The van der Waals surface area contributed by atoms with Gasteiger partial charge < -0.3 is 4.90 Å². The summed E-state index contributed by atoms with van der Waals surface area (Å²) < 4.78 is 27.8. The maximum Gasteiger partial charge on any atom is 0.243 e. The first-order chi connectivity index (χ1) is 14.8. The Labute approximate surface area is 184 Å². The molecule has 1 amide bonds. The van der Waals surface area contributed by atoms with Gasteiger partial charge in [-0.05, 0) is 72.9 Å². The Balaban J connectivity index is 1.45. The maximum atomic E-state index is 13.2. The predicted molar refractivity (Wildman–Crippen MR) is 125 cm³/mol. The van der Waals surface area contributed by atoms with Crippen LogP contribution in [-0.4, -0.2) is 38.8 Å². The first-order valence-electron chi connectivity index (χ1n) is 10.6. The molecule has 0 radical (unpaired) electrons. The van der Waals surface area contributed by atoms with Gasteiger partial charge in [0.2, 0.25) is 15.9 Å². The summed E-state index contributed by atoms with van der Waals surface area (Å²) >= 11 is 0. The number of aryl methyl sites for hydroxylation is 2. The van der Waals surface area contributed by atoms with Gasteiger partial charge in [0.05, 0.1) is 4.90 Å². The van der Waals surface area contributed by atoms with Crippen molar-refractivity contribution in [2.24, 2.45) is 5.92 Å². The van der Waals surface area contributed by atoms with Gasteiger partial charge in [0, 0.05) is 31.7 Å². The molecule has 3 aromatic carbocycles. The highest BCUT2D eigenvalue weighted by atomic mass is 32.2. The summed E-state index contributed by atoms with van der Waals surface area (Å²) in [5, 5.41) is 1.92. The van der Waals surface area contributed by atoms with E-state index in [0.717, 1.165) is 22.0 Å². The Morgan fingerprint density at radius 3 is 2.26 bits per heavy atom. The van der Waals surface area contributed by atoms with Gasteiger partial charge >= 0.3 is 0 Å². The number of amides is 1. The van der Waals surface area contributed by atoms with E-state index in [1.165, 1.54) is 9.87 Å². The van der Waals surface area contributed by atoms with Crippen LogP contribution in [0.25, 0.3) is 10.8 Å². The molecule has 3 aromatic rings. The van der Waals surface area contributed by atoms with Crippen LogP contribution in [0.4, 0.5) is 5.69 Å². The van der Waals surface area contributed by atoms with Gasteiger partial charge in [-0.15, -0.1) is 0 Å². The number of fused-ring (bicyclic) bond motifs is 1. The molecule has 0 spiro atoms. The maximum absolute atomic E-state index is 13.2. The molecular weight excluding hydrogens is 408 g/mol. The molecule has 1 aliphatic rings. The summed E-state index contributed by atoms with van der Waals surface area (Å²) in [7, 11) is -1.78. The summed E-state index contributed by atoms with van der Waals surface area (Å²) in [6.07, 6.45) is 1.06. The highest BCUT2D eigenvalue weighted by molar-refractivity contribution is 7.89. The standard InChI is InChI=1S/C25H28N2O3S/c1-18-8-10-23(16-19(18)2)26(3)25(28)21-12-14-27(15-13-21)31(29,30)24-11-9-20-6-4-5-7-22(20)17-24/h4-11,16-17,21H,12-15H2,1-3H3. The van der Waals surface area contributed by atoms with Crippen molar-refractivity contribution in [3.05, 3.63) is 71.8 Å². The van der Waals surface area contributed by atoms with Crippen molar-refractivity contribution in [2.75, 3.05) is 25.0 Å². The van der Waals surface area contributed by atoms with Crippen molar-refractivity contribution in [3.8, 4) is 0 Å². The van der Waals surface area contributed by atoms with Crippen molar-refractivity contribution in [1.29, 1.82) is 0 Å². The monoisotopic (exact) mass is 436 g/mol. The lowest BCUT2D eigenvalue weighted by molar-refractivity contribution is -0.123. The van der Waals surface area contributed by atoms with Crippen LogP contribution in [-0.2, 0) is 14.8 Å². The van der Waals surface area contributed by atoms with E-state index in [-0.39, 0.29) is 11.8 Å². The SMILES string of the molecule is Cc1ccc(N(C)C(=O)C2CCN(S(=O)(=O)c3ccc4ccccc4c3)CC2)cc1C. The van der Waals surface area contributed by atoms with Gasteiger partial charge in [0.1, 0.15) is 0 Å². The molecule has 1 heterocycles. The fourth-order valence-electron chi connectivity index (χ4n) is 4.16. The van der Waals surface area contributed by atoms with Gasteiger partial charge in [0.15, 0.2) is 0 Å². The number of piperidine rings is 1. The van der Waals surface area contributed by atoms with Gasteiger partial charge in [-0.25, -0.2) is 8.42 Å². The average Bonchev–Trinajstić information content (AvgIpc) is 2.79. The molecule has 0 aliphatic carbocycles. The number of benzene rings is 3. The molecular formula is C25H28N2O3S. The highest BCUT2D eigenvalue weighted by Gasteiger charge is 2.33. The molecule has 0 aromatic heterocycles. The summed E-state index contributed by atoms with van der Waals surface area (Å²) in [5.41, 5.74) is 3.21. The van der Waals surface area contributed by atoms with E-state index in [0.29, 0.717) is 30.8 Å². The van der Waals surface area contributed by atoms with Crippen molar-refractivity contribution >= 4 is 32.4 Å². The number of rotatable bonds is 4. The minimum absolute atomic E-state index is 0.0472. The Morgan fingerprint density at radius 2 is 1.58 bits per heavy atom. The molecule has 1 aliphatic heterocycles. The van der Waals surface area contributed by atoms with E-state index in [1.807, 2.05) is 62.4 Å². The zero-order valence-corrected chi connectivity index (χ0v) is 19.0. The first-order valence-corrected chi connectivity index (χ1v) is 12.0. The molecule has 4 rings (SSSR count). The van der Waals surface area contributed by atoms with Crippen LogP contribution >= 0.6 is 0 Å². The number of sulfonamides is 1. The Morgan fingerprint density at radius 1 is 0.903 bits per heavy atom. The molecule has 0 N–H and O–H groups in total. The molecule has 162 valence electrons. The summed E-state index contributed by atoms with van der Waals surface area (Å²) in [6, 6.07) is 19.0. The van der Waals surface area contributed by atoms with E-state index in [1.54, 1.807) is 24.1 Å². The third kappa shape index (κ3) is 4.23. The Kier molecular flexibility index (Phi) is 5.86. The van der Waals surface area contributed by atoms with Gasteiger partial charge in [0.25, 0.3) is 0 Å². The van der Waals surface area contributed by atoms with Crippen LogP contribution in [0.3, 0.4) is 0 Å². The van der Waals surface area contributed by atoms with Crippen LogP contribution in [0.2, 0.25) is 0 Å². The fourth-order valence-corrected chi connectivity index (χ4v) is 5.66. The van der Waals surface area contributed by atoms with Crippen LogP contribution in [0, 0.1) is 19.8 Å². The van der Waals surface area contributed by atoms with E-state index in [4.69, 9.17) is 0 Å².